The molecule has 2 aromatic rings. The van der Waals surface area contributed by atoms with E-state index < -0.39 is 0 Å². The van der Waals surface area contributed by atoms with Crippen molar-refractivity contribution in [3.63, 3.8) is 0 Å². The molecular formula is C16H14N2OS. The van der Waals surface area contributed by atoms with Crippen LogP contribution in [0, 0.1) is 11.3 Å². The molecule has 0 amide bonds. The van der Waals surface area contributed by atoms with Crippen molar-refractivity contribution in [2.75, 3.05) is 7.11 Å². The molecule has 0 spiro atoms. The van der Waals surface area contributed by atoms with E-state index in [1.165, 1.54) is 12.7 Å². The lowest BCUT2D eigenvalue weighted by molar-refractivity contribution is 0.214. The monoisotopic (exact) mass is 282 g/mol. The normalized spacial score (nSPS) is 10.9. The highest BCUT2D eigenvalue weighted by atomic mass is 32.2. The van der Waals surface area contributed by atoms with Crippen LogP contribution in [0.2, 0.25) is 0 Å². The SMILES string of the molecule is CO/N=C(\C#N)c1ccccc1SCc1ccccc1. The maximum atomic E-state index is 9.15. The average Bonchev–Trinajstić information content (AvgIpc) is 2.52. The summed E-state index contributed by atoms with van der Waals surface area (Å²) < 4.78 is 0. The Balaban J connectivity index is 2.20. The summed E-state index contributed by atoms with van der Waals surface area (Å²) in [4.78, 5) is 5.75. The third-order valence-electron chi connectivity index (χ3n) is 2.67. The Morgan fingerprint density at radius 1 is 1.15 bits per heavy atom. The second kappa shape index (κ2) is 7.37. The van der Waals surface area contributed by atoms with Crippen LogP contribution in [-0.4, -0.2) is 12.8 Å². The molecule has 0 N–H and O–H groups in total. The molecule has 4 heteroatoms. The highest BCUT2D eigenvalue weighted by molar-refractivity contribution is 7.98. The predicted molar refractivity (Wildman–Crippen MR) is 81.6 cm³/mol. The Hall–Kier alpha value is -2.25. The first kappa shape index (κ1) is 14.2. The molecule has 0 aliphatic heterocycles. The smallest absolute Gasteiger partial charge is 0.188 e. The van der Waals surface area contributed by atoms with Crippen LogP contribution in [-0.2, 0) is 10.6 Å². The van der Waals surface area contributed by atoms with Gasteiger partial charge in [0.05, 0.1) is 0 Å². The van der Waals surface area contributed by atoms with Crippen molar-refractivity contribution in [3.05, 3.63) is 65.7 Å². The minimum atomic E-state index is 0.295. The van der Waals surface area contributed by atoms with E-state index >= 15 is 0 Å². The van der Waals surface area contributed by atoms with Gasteiger partial charge in [0.1, 0.15) is 13.2 Å². The number of thioether (sulfide) groups is 1. The molecule has 0 aliphatic rings. The first-order chi connectivity index (χ1) is 9.85. The summed E-state index contributed by atoms with van der Waals surface area (Å²) in [5, 5.41) is 12.9. The molecule has 0 atom stereocenters. The zero-order valence-electron chi connectivity index (χ0n) is 11.1. The number of hydrogen-bond donors (Lipinski definition) is 0. The second-order valence-electron chi connectivity index (χ2n) is 4.00. The number of rotatable bonds is 5. The van der Waals surface area contributed by atoms with Crippen LogP contribution < -0.4 is 0 Å². The van der Waals surface area contributed by atoms with Gasteiger partial charge in [0, 0.05) is 16.2 Å². The molecule has 2 rings (SSSR count). The van der Waals surface area contributed by atoms with E-state index in [0.717, 1.165) is 16.2 Å². The van der Waals surface area contributed by atoms with Crippen molar-refractivity contribution in [2.45, 2.75) is 10.6 Å². The van der Waals surface area contributed by atoms with Gasteiger partial charge in [-0.15, -0.1) is 11.8 Å². The minimum absolute atomic E-state index is 0.295. The van der Waals surface area contributed by atoms with Crippen molar-refractivity contribution < 1.29 is 4.84 Å². The molecule has 100 valence electrons. The van der Waals surface area contributed by atoms with E-state index in [0.29, 0.717) is 5.71 Å². The van der Waals surface area contributed by atoms with Crippen LogP contribution in [0.15, 0.2) is 64.6 Å². The van der Waals surface area contributed by atoms with Crippen molar-refractivity contribution in [3.8, 4) is 6.07 Å². The van der Waals surface area contributed by atoms with E-state index in [-0.39, 0.29) is 0 Å². The lowest BCUT2D eigenvalue weighted by Crippen LogP contribution is -2.00. The number of nitrogens with zero attached hydrogens (tertiary/aromatic N) is 2. The van der Waals surface area contributed by atoms with Crippen molar-refractivity contribution in [1.29, 1.82) is 5.26 Å². The fraction of sp³-hybridized carbons (Fsp3) is 0.125. The maximum Gasteiger partial charge on any atom is 0.188 e. The van der Waals surface area contributed by atoms with Gasteiger partial charge in [-0.3, -0.25) is 0 Å². The van der Waals surface area contributed by atoms with Crippen LogP contribution in [0.3, 0.4) is 0 Å². The summed E-state index contributed by atoms with van der Waals surface area (Å²) in [5.41, 5.74) is 2.34. The summed E-state index contributed by atoms with van der Waals surface area (Å²) in [5.74, 6) is 0.851. The fourth-order valence-corrected chi connectivity index (χ4v) is 2.75. The van der Waals surface area contributed by atoms with Gasteiger partial charge < -0.3 is 4.84 Å². The van der Waals surface area contributed by atoms with Crippen LogP contribution in [0.25, 0.3) is 0 Å². The summed E-state index contributed by atoms with van der Waals surface area (Å²) >= 11 is 1.68. The highest BCUT2D eigenvalue weighted by Gasteiger charge is 2.09. The van der Waals surface area contributed by atoms with Crippen LogP contribution in [0.5, 0.6) is 0 Å². The topological polar surface area (TPSA) is 45.4 Å². The summed E-state index contributed by atoms with van der Waals surface area (Å²) in [7, 11) is 1.44. The standard InChI is InChI=1S/C16H14N2OS/c1-19-18-15(11-17)14-9-5-6-10-16(14)20-12-13-7-3-2-4-8-13/h2-10H,12H2,1H3/b18-15+. The minimum Gasteiger partial charge on any atom is -0.398 e. The van der Waals surface area contributed by atoms with Crippen molar-refractivity contribution in [2.24, 2.45) is 5.16 Å². The Bertz CT molecular complexity index is 632. The molecule has 0 saturated carbocycles. The summed E-state index contributed by atoms with van der Waals surface area (Å²) in [6.07, 6.45) is 0. The molecular weight excluding hydrogens is 268 g/mol. The van der Waals surface area contributed by atoms with E-state index in [9.17, 15) is 0 Å². The number of benzene rings is 2. The van der Waals surface area contributed by atoms with E-state index in [4.69, 9.17) is 10.1 Å². The van der Waals surface area contributed by atoms with Gasteiger partial charge >= 0.3 is 0 Å². The molecule has 0 unspecified atom stereocenters. The molecule has 0 heterocycles. The molecule has 0 aliphatic carbocycles. The molecule has 0 saturated heterocycles. The Labute approximate surface area is 122 Å². The molecule has 0 radical (unpaired) electrons. The lowest BCUT2D eigenvalue weighted by atomic mass is 10.1. The van der Waals surface area contributed by atoms with E-state index in [2.05, 4.69) is 23.4 Å². The second-order valence-corrected chi connectivity index (χ2v) is 5.02. The van der Waals surface area contributed by atoms with Gasteiger partial charge in [-0.1, -0.05) is 53.7 Å². The van der Waals surface area contributed by atoms with Crippen LogP contribution in [0.1, 0.15) is 11.1 Å². The van der Waals surface area contributed by atoms with Gasteiger partial charge in [0.2, 0.25) is 0 Å². The van der Waals surface area contributed by atoms with Gasteiger partial charge in [-0.25, -0.2) is 0 Å². The van der Waals surface area contributed by atoms with Gasteiger partial charge in [0.25, 0.3) is 0 Å². The Kier molecular flexibility index (Phi) is 5.22. The van der Waals surface area contributed by atoms with Gasteiger partial charge in [-0.05, 0) is 11.6 Å². The third kappa shape index (κ3) is 3.62. The lowest BCUT2D eigenvalue weighted by Gasteiger charge is -2.07. The van der Waals surface area contributed by atoms with Crippen molar-refractivity contribution in [1.82, 2.24) is 0 Å². The Morgan fingerprint density at radius 3 is 2.55 bits per heavy atom. The number of nitriles is 1. The molecule has 3 nitrogen and oxygen atoms in total. The maximum absolute atomic E-state index is 9.15. The zero-order chi connectivity index (χ0) is 14.2. The molecule has 0 aromatic heterocycles. The van der Waals surface area contributed by atoms with Crippen LogP contribution >= 0.6 is 11.8 Å². The zero-order valence-corrected chi connectivity index (χ0v) is 11.9. The quantitative estimate of drug-likeness (QED) is 0.475. The van der Waals surface area contributed by atoms with E-state index in [1.54, 1.807) is 11.8 Å². The first-order valence-corrected chi connectivity index (χ1v) is 7.11. The van der Waals surface area contributed by atoms with Crippen LogP contribution in [0.4, 0.5) is 0 Å². The number of oxime groups is 1. The largest absolute Gasteiger partial charge is 0.398 e. The van der Waals surface area contributed by atoms with Gasteiger partial charge in [0.15, 0.2) is 5.71 Å². The average molecular weight is 282 g/mol. The molecule has 0 bridgehead atoms. The predicted octanol–water partition coefficient (Wildman–Crippen LogP) is 3.85. The highest BCUT2D eigenvalue weighted by Crippen LogP contribution is 2.26. The van der Waals surface area contributed by atoms with E-state index in [1.807, 2.05) is 42.5 Å². The fourth-order valence-electron chi connectivity index (χ4n) is 1.74. The molecule has 2 aromatic carbocycles. The van der Waals surface area contributed by atoms with Gasteiger partial charge in [-0.2, -0.15) is 5.26 Å². The Morgan fingerprint density at radius 2 is 1.85 bits per heavy atom. The summed E-state index contributed by atoms with van der Waals surface area (Å²) in [6.45, 7) is 0. The van der Waals surface area contributed by atoms with Crippen molar-refractivity contribution >= 4 is 17.5 Å². The number of hydrogen-bond acceptors (Lipinski definition) is 4. The third-order valence-corrected chi connectivity index (χ3v) is 3.81. The summed E-state index contributed by atoms with van der Waals surface area (Å²) in [6, 6.07) is 20.0. The molecule has 20 heavy (non-hydrogen) atoms. The molecule has 0 fully saturated rings. The first-order valence-electron chi connectivity index (χ1n) is 6.12.